The maximum absolute atomic E-state index is 11.9. The van der Waals surface area contributed by atoms with Crippen LogP contribution in [-0.2, 0) is 17.6 Å². The molecule has 0 unspecified atom stereocenters. The summed E-state index contributed by atoms with van der Waals surface area (Å²) in [6.45, 7) is 11.1. The van der Waals surface area contributed by atoms with Crippen molar-refractivity contribution in [2.24, 2.45) is 4.99 Å². The number of nitrogens with one attached hydrogen (secondary N) is 3. The molecule has 7 nitrogen and oxygen atoms in total. The molecule has 1 aromatic heterocycles. The molecule has 0 aliphatic carbocycles. The van der Waals surface area contributed by atoms with Gasteiger partial charge in [-0.1, -0.05) is 13.8 Å². The van der Waals surface area contributed by atoms with E-state index in [-0.39, 0.29) is 29.9 Å². The summed E-state index contributed by atoms with van der Waals surface area (Å²) < 4.78 is 0. The average molecular weight is 537 g/mol. The van der Waals surface area contributed by atoms with Crippen molar-refractivity contribution in [3.63, 3.8) is 0 Å². The molecule has 9 heteroatoms. The first-order valence-corrected chi connectivity index (χ1v) is 11.4. The number of amides is 1. The van der Waals surface area contributed by atoms with E-state index >= 15 is 0 Å². The normalized spacial score (nSPS) is 15.6. The van der Waals surface area contributed by atoms with E-state index in [9.17, 15) is 4.79 Å². The number of piperidine rings is 1. The smallest absolute Gasteiger partial charge is 0.234 e. The number of halogens is 1. The molecule has 0 saturated carbocycles. The Bertz CT molecular complexity index is 616. The molecule has 3 N–H and O–H groups in total. The van der Waals surface area contributed by atoms with Crippen molar-refractivity contribution in [3.05, 3.63) is 16.1 Å². The van der Waals surface area contributed by atoms with E-state index in [4.69, 9.17) is 4.99 Å². The lowest BCUT2D eigenvalue weighted by Crippen LogP contribution is -2.50. The third-order valence-corrected chi connectivity index (χ3v) is 5.96. The van der Waals surface area contributed by atoms with Gasteiger partial charge in [0.25, 0.3) is 0 Å². The van der Waals surface area contributed by atoms with Crippen LogP contribution in [0, 0.1) is 0 Å². The van der Waals surface area contributed by atoms with Crippen molar-refractivity contribution in [1.82, 2.24) is 25.8 Å². The number of carbonyl (C=O) groups excluding carboxylic acids is 1. The van der Waals surface area contributed by atoms with Gasteiger partial charge in [-0.25, -0.2) is 4.98 Å². The molecule has 1 aromatic rings. The van der Waals surface area contributed by atoms with Crippen molar-refractivity contribution in [3.8, 4) is 0 Å². The fraction of sp³-hybridized carbons (Fsp3) is 0.750. The molecule has 0 spiro atoms. The van der Waals surface area contributed by atoms with E-state index in [1.165, 1.54) is 4.88 Å². The number of aliphatic imine (C=N–C) groups is 1. The Balaban J connectivity index is 0.00000420. The molecule has 1 saturated heterocycles. The summed E-state index contributed by atoms with van der Waals surface area (Å²) >= 11 is 1.78. The second kappa shape index (κ2) is 15.0. The van der Waals surface area contributed by atoms with E-state index in [0.29, 0.717) is 12.6 Å². The monoisotopic (exact) mass is 536 g/mol. The van der Waals surface area contributed by atoms with Crippen LogP contribution in [0.15, 0.2) is 11.2 Å². The molecule has 2 heterocycles. The molecule has 0 aromatic carbocycles. The molecule has 1 fully saturated rings. The summed E-state index contributed by atoms with van der Waals surface area (Å²) in [5.74, 6) is 1.02. The van der Waals surface area contributed by atoms with Gasteiger partial charge in [-0.2, -0.15) is 0 Å². The Kier molecular flexibility index (Phi) is 13.5. The first kappa shape index (κ1) is 26.1. The van der Waals surface area contributed by atoms with Gasteiger partial charge in [0, 0.05) is 56.3 Å². The number of nitrogens with zero attached hydrogens (tertiary/aromatic N) is 3. The van der Waals surface area contributed by atoms with Crippen LogP contribution in [-0.4, -0.2) is 67.1 Å². The number of rotatable bonds is 10. The van der Waals surface area contributed by atoms with Gasteiger partial charge in [0.15, 0.2) is 5.96 Å². The highest BCUT2D eigenvalue weighted by atomic mass is 127. The summed E-state index contributed by atoms with van der Waals surface area (Å²) in [6.07, 6.45) is 6.93. The van der Waals surface area contributed by atoms with Crippen molar-refractivity contribution >= 4 is 47.2 Å². The van der Waals surface area contributed by atoms with Crippen LogP contribution < -0.4 is 16.0 Å². The molecule has 29 heavy (non-hydrogen) atoms. The van der Waals surface area contributed by atoms with E-state index in [1.54, 1.807) is 11.3 Å². The Hall–Kier alpha value is -0.940. The van der Waals surface area contributed by atoms with Crippen LogP contribution in [0.25, 0.3) is 0 Å². The molecule has 166 valence electrons. The number of carbonyl (C=O) groups is 1. The zero-order chi connectivity index (χ0) is 20.2. The first-order valence-electron chi connectivity index (χ1n) is 10.6. The van der Waals surface area contributed by atoms with Crippen LogP contribution in [0.1, 0.15) is 49.9 Å². The lowest BCUT2D eigenvalue weighted by Gasteiger charge is -2.32. The molecule has 1 aliphatic heterocycles. The van der Waals surface area contributed by atoms with Crippen molar-refractivity contribution in [2.45, 2.75) is 58.9 Å². The number of thiazole rings is 1. The second-order valence-corrected chi connectivity index (χ2v) is 8.33. The summed E-state index contributed by atoms with van der Waals surface area (Å²) in [5.41, 5.74) is 0. The Morgan fingerprint density at radius 3 is 2.66 bits per heavy atom. The van der Waals surface area contributed by atoms with E-state index < -0.39 is 0 Å². The van der Waals surface area contributed by atoms with Gasteiger partial charge in [0.2, 0.25) is 5.91 Å². The largest absolute Gasteiger partial charge is 0.357 e. The van der Waals surface area contributed by atoms with Crippen molar-refractivity contribution in [1.29, 1.82) is 0 Å². The minimum Gasteiger partial charge on any atom is -0.357 e. The van der Waals surface area contributed by atoms with E-state index in [1.807, 2.05) is 6.20 Å². The molecule has 0 atom stereocenters. The molecule has 1 amide bonds. The topological polar surface area (TPSA) is 81.7 Å². The van der Waals surface area contributed by atoms with Crippen LogP contribution in [0.3, 0.4) is 0 Å². The van der Waals surface area contributed by atoms with Gasteiger partial charge in [0.05, 0.1) is 11.6 Å². The minimum atomic E-state index is 0. The molecular weight excluding hydrogens is 499 g/mol. The molecule has 0 bridgehead atoms. The molecule has 1 aliphatic rings. The van der Waals surface area contributed by atoms with Crippen LogP contribution in [0.5, 0.6) is 0 Å². The van der Waals surface area contributed by atoms with Crippen LogP contribution in [0.2, 0.25) is 0 Å². The Labute approximate surface area is 196 Å². The fourth-order valence-electron chi connectivity index (χ4n) is 3.16. The SMILES string of the molecule is CCCNC(=O)CN1CCC(NC(=NCCc2ncc(CC)s2)NCC)CC1.I. The molecule has 2 rings (SSSR count). The fourth-order valence-corrected chi connectivity index (χ4v) is 4.01. The lowest BCUT2D eigenvalue weighted by molar-refractivity contribution is -0.122. The zero-order valence-corrected chi connectivity index (χ0v) is 21.1. The molecule has 0 radical (unpaired) electrons. The molecular formula is C20H37IN6OS. The van der Waals surface area contributed by atoms with Crippen LogP contribution in [0.4, 0.5) is 0 Å². The number of hydrogen-bond acceptors (Lipinski definition) is 5. The number of likely N-dealkylation sites (tertiary alicyclic amines) is 1. The van der Waals surface area contributed by atoms with Crippen molar-refractivity contribution < 1.29 is 4.79 Å². The summed E-state index contributed by atoms with van der Waals surface area (Å²) in [5, 5.41) is 11.0. The maximum atomic E-state index is 11.9. The third kappa shape index (κ3) is 10.1. The van der Waals surface area contributed by atoms with Crippen molar-refractivity contribution in [2.75, 3.05) is 39.3 Å². The Morgan fingerprint density at radius 1 is 1.28 bits per heavy atom. The minimum absolute atomic E-state index is 0. The van der Waals surface area contributed by atoms with Crippen LogP contribution >= 0.6 is 35.3 Å². The average Bonchev–Trinajstić information content (AvgIpc) is 3.16. The third-order valence-electron chi connectivity index (χ3n) is 4.76. The van der Waals surface area contributed by atoms with Gasteiger partial charge in [-0.15, -0.1) is 35.3 Å². The summed E-state index contributed by atoms with van der Waals surface area (Å²) in [7, 11) is 0. The van der Waals surface area contributed by atoms with E-state index in [2.05, 4.69) is 46.6 Å². The number of guanidine groups is 1. The number of aryl methyl sites for hydroxylation is 1. The van der Waals surface area contributed by atoms with Gasteiger partial charge in [-0.05, 0) is 32.6 Å². The highest BCUT2D eigenvalue weighted by molar-refractivity contribution is 14.0. The lowest BCUT2D eigenvalue weighted by atomic mass is 10.1. The summed E-state index contributed by atoms with van der Waals surface area (Å²) in [4.78, 5) is 24.6. The maximum Gasteiger partial charge on any atom is 0.234 e. The quantitative estimate of drug-likeness (QED) is 0.243. The second-order valence-electron chi connectivity index (χ2n) is 7.13. The zero-order valence-electron chi connectivity index (χ0n) is 18.0. The van der Waals surface area contributed by atoms with Gasteiger partial charge in [-0.3, -0.25) is 14.7 Å². The predicted molar refractivity (Wildman–Crippen MR) is 132 cm³/mol. The summed E-state index contributed by atoms with van der Waals surface area (Å²) in [6, 6.07) is 0.402. The number of aromatic nitrogens is 1. The van der Waals surface area contributed by atoms with Gasteiger partial charge in [0.1, 0.15) is 0 Å². The van der Waals surface area contributed by atoms with Gasteiger partial charge < -0.3 is 16.0 Å². The highest BCUT2D eigenvalue weighted by Crippen LogP contribution is 2.14. The predicted octanol–water partition coefficient (Wildman–Crippen LogP) is 2.41. The number of hydrogen-bond donors (Lipinski definition) is 3. The van der Waals surface area contributed by atoms with Gasteiger partial charge >= 0.3 is 0 Å². The standard InChI is InChI=1S/C20H36N6OS.HI/c1-4-10-22-18(27)15-26-12-8-16(9-13-26)25-20(21-6-3)23-11-7-19-24-14-17(5-2)28-19;/h14,16H,4-13,15H2,1-3H3,(H,22,27)(H2,21,23,25);1H. The Morgan fingerprint density at radius 2 is 2.03 bits per heavy atom. The first-order chi connectivity index (χ1) is 13.6. The highest BCUT2D eigenvalue weighted by Gasteiger charge is 2.21. The van der Waals surface area contributed by atoms with E-state index in [0.717, 1.165) is 75.8 Å².